The van der Waals surface area contributed by atoms with Crippen molar-refractivity contribution < 1.29 is 9.21 Å². The summed E-state index contributed by atoms with van der Waals surface area (Å²) in [5, 5.41) is 7.19. The average Bonchev–Trinajstić information content (AvgIpc) is 3.14. The number of aryl methyl sites for hydroxylation is 1. The number of hydrogen-bond acceptors (Lipinski definition) is 5. The molecule has 22 heavy (non-hydrogen) atoms. The molecule has 2 aliphatic rings. The van der Waals surface area contributed by atoms with Crippen LogP contribution in [0.5, 0.6) is 0 Å². The number of rotatable bonds is 4. The van der Waals surface area contributed by atoms with Gasteiger partial charge in [0.25, 0.3) is 0 Å². The monoisotopic (exact) mass is 302 g/mol. The maximum absolute atomic E-state index is 11.6. The fourth-order valence-corrected chi connectivity index (χ4v) is 2.89. The van der Waals surface area contributed by atoms with Gasteiger partial charge in [0.1, 0.15) is 5.76 Å². The first-order valence-corrected chi connectivity index (χ1v) is 7.42. The number of hydrogen-bond donors (Lipinski definition) is 1. The number of amides is 2. The van der Waals surface area contributed by atoms with Gasteiger partial charge in [-0.1, -0.05) is 0 Å². The Kier molecular flexibility index (Phi) is 3.11. The zero-order chi connectivity index (χ0) is 15.1. The number of aromatic nitrogens is 3. The summed E-state index contributed by atoms with van der Waals surface area (Å²) in [6, 6.07) is 0.296. The van der Waals surface area contributed by atoms with Crippen LogP contribution >= 0.6 is 0 Å². The highest BCUT2D eigenvalue weighted by atomic mass is 16.4. The van der Waals surface area contributed by atoms with Crippen LogP contribution in [0.15, 0.2) is 23.0 Å². The number of likely N-dealkylation sites (tertiary alicyclic amines) is 1. The molecule has 0 unspecified atom stereocenters. The van der Waals surface area contributed by atoms with Gasteiger partial charge in [-0.3, -0.25) is 14.5 Å². The van der Waals surface area contributed by atoms with Gasteiger partial charge in [0.05, 0.1) is 30.7 Å². The molecule has 2 aromatic heterocycles. The van der Waals surface area contributed by atoms with E-state index in [2.05, 4.69) is 20.3 Å². The minimum atomic E-state index is -0.0472. The molecule has 4 heterocycles. The van der Waals surface area contributed by atoms with E-state index in [0.29, 0.717) is 19.1 Å². The number of urea groups is 1. The molecule has 0 aromatic carbocycles. The first-order valence-electron chi connectivity index (χ1n) is 7.42. The van der Waals surface area contributed by atoms with Crippen molar-refractivity contribution in [2.45, 2.75) is 19.5 Å². The van der Waals surface area contributed by atoms with Gasteiger partial charge in [-0.15, -0.1) is 0 Å². The largest absolute Gasteiger partial charge is 0.445 e. The van der Waals surface area contributed by atoms with Crippen molar-refractivity contribution in [2.75, 3.05) is 31.1 Å². The zero-order valence-corrected chi connectivity index (χ0v) is 12.4. The first kappa shape index (κ1) is 13.3. The van der Waals surface area contributed by atoms with Gasteiger partial charge in [0.2, 0.25) is 5.89 Å². The molecule has 4 rings (SSSR count). The van der Waals surface area contributed by atoms with E-state index in [1.807, 2.05) is 17.8 Å². The maximum Gasteiger partial charge on any atom is 0.322 e. The van der Waals surface area contributed by atoms with Crippen molar-refractivity contribution in [1.29, 1.82) is 0 Å². The molecular formula is C14H18N6O2. The van der Waals surface area contributed by atoms with E-state index >= 15 is 0 Å². The van der Waals surface area contributed by atoms with Crippen LogP contribution in [0.25, 0.3) is 0 Å². The van der Waals surface area contributed by atoms with Crippen LogP contribution in [0.3, 0.4) is 0 Å². The van der Waals surface area contributed by atoms with Crippen molar-refractivity contribution >= 4 is 11.7 Å². The molecule has 2 aliphatic heterocycles. The fraction of sp³-hybridized carbons (Fsp3) is 0.500. The number of carbonyl (C=O) groups excluding carboxylic acids is 1. The number of carbonyl (C=O) groups is 1. The van der Waals surface area contributed by atoms with Crippen LogP contribution in [0.2, 0.25) is 0 Å². The Balaban J connectivity index is 1.35. The van der Waals surface area contributed by atoms with Crippen molar-refractivity contribution in [3.63, 3.8) is 0 Å². The van der Waals surface area contributed by atoms with E-state index in [-0.39, 0.29) is 6.03 Å². The van der Waals surface area contributed by atoms with Crippen molar-refractivity contribution in [3.8, 4) is 0 Å². The molecule has 116 valence electrons. The molecule has 0 radical (unpaired) electrons. The molecule has 0 saturated carbocycles. The summed E-state index contributed by atoms with van der Waals surface area (Å²) in [6.07, 6.45) is 5.45. The van der Waals surface area contributed by atoms with Gasteiger partial charge in [0, 0.05) is 32.4 Å². The minimum absolute atomic E-state index is 0.0472. The Hall–Kier alpha value is -2.35. The third kappa shape index (κ3) is 2.35. The number of anilines is 1. The maximum atomic E-state index is 11.6. The Morgan fingerprint density at radius 3 is 2.95 bits per heavy atom. The normalized spacial score (nSPS) is 19.5. The highest BCUT2D eigenvalue weighted by molar-refractivity contribution is 5.93. The number of nitrogens with zero attached hydrogens (tertiary/aromatic N) is 5. The lowest BCUT2D eigenvalue weighted by molar-refractivity contribution is 0.0812. The summed E-state index contributed by atoms with van der Waals surface area (Å²) in [5.41, 5.74) is 0.858. The van der Waals surface area contributed by atoms with Gasteiger partial charge in [-0.05, 0) is 6.92 Å². The van der Waals surface area contributed by atoms with Crippen LogP contribution in [0, 0.1) is 6.92 Å². The summed E-state index contributed by atoms with van der Waals surface area (Å²) in [6.45, 7) is 5.84. The van der Waals surface area contributed by atoms with Crippen LogP contribution in [0.4, 0.5) is 10.5 Å². The lowest BCUT2D eigenvalue weighted by Gasteiger charge is -2.38. The Morgan fingerprint density at radius 2 is 2.27 bits per heavy atom. The Labute approximate surface area is 127 Å². The molecule has 8 heteroatoms. The van der Waals surface area contributed by atoms with Crippen LogP contribution in [-0.4, -0.2) is 51.9 Å². The second-order valence-electron chi connectivity index (χ2n) is 5.77. The van der Waals surface area contributed by atoms with Crippen LogP contribution in [-0.2, 0) is 6.54 Å². The predicted octanol–water partition coefficient (Wildman–Crippen LogP) is 0.766. The average molecular weight is 302 g/mol. The van der Waals surface area contributed by atoms with E-state index < -0.39 is 0 Å². The number of nitrogens with one attached hydrogen (secondary N) is 1. The topological polar surface area (TPSA) is 79.4 Å². The smallest absolute Gasteiger partial charge is 0.322 e. The third-order valence-corrected chi connectivity index (χ3v) is 4.10. The molecule has 0 atom stereocenters. The van der Waals surface area contributed by atoms with E-state index in [1.54, 1.807) is 17.3 Å². The Morgan fingerprint density at radius 1 is 1.41 bits per heavy atom. The van der Waals surface area contributed by atoms with Crippen molar-refractivity contribution in [1.82, 2.24) is 25.0 Å². The van der Waals surface area contributed by atoms with Crippen LogP contribution < -0.4 is 10.2 Å². The van der Waals surface area contributed by atoms with E-state index in [1.165, 1.54) is 0 Å². The third-order valence-electron chi connectivity index (χ3n) is 4.10. The molecule has 2 fully saturated rings. The molecule has 2 aromatic rings. The standard InChI is InChI=1S/C14H18N6O2/c1-10-4-16-13(22-10)9-18-6-12(7-18)20-8-11(5-17-20)19-3-2-15-14(19)21/h4-5,8,12H,2-3,6-7,9H2,1H3,(H,15,21). The minimum Gasteiger partial charge on any atom is -0.445 e. The molecule has 2 saturated heterocycles. The van der Waals surface area contributed by atoms with Gasteiger partial charge in [0.15, 0.2) is 0 Å². The van der Waals surface area contributed by atoms with Gasteiger partial charge >= 0.3 is 6.03 Å². The second kappa shape index (κ2) is 5.13. The molecule has 2 amide bonds. The zero-order valence-electron chi connectivity index (χ0n) is 12.4. The van der Waals surface area contributed by atoms with E-state index in [0.717, 1.165) is 37.0 Å². The van der Waals surface area contributed by atoms with Gasteiger partial charge in [-0.2, -0.15) is 5.10 Å². The lowest BCUT2D eigenvalue weighted by Crippen LogP contribution is -2.47. The lowest BCUT2D eigenvalue weighted by atomic mass is 10.1. The quantitative estimate of drug-likeness (QED) is 0.902. The molecule has 0 aliphatic carbocycles. The molecule has 0 bridgehead atoms. The van der Waals surface area contributed by atoms with E-state index in [9.17, 15) is 4.79 Å². The van der Waals surface area contributed by atoms with Gasteiger partial charge in [-0.25, -0.2) is 9.78 Å². The summed E-state index contributed by atoms with van der Waals surface area (Å²) >= 11 is 0. The fourth-order valence-electron chi connectivity index (χ4n) is 2.89. The molecule has 1 N–H and O–H groups in total. The Bertz CT molecular complexity index is 687. The molecule has 8 nitrogen and oxygen atoms in total. The summed E-state index contributed by atoms with van der Waals surface area (Å²) in [5.74, 6) is 1.60. The molecular weight excluding hydrogens is 284 g/mol. The van der Waals surface area contributed by atoms with Crippen molar-refractivity contribution in [2.24, 2.45) is 0 Å². The first-order chi connectivity index (χ1) is 10.7. The highest BCUT2D eigenvalue weighted by Gasteiger charge is 2.31. The highest BCUT2D eigenvalue weighted by Crippen LogP contribution is 2.25. The summed E-state index contributed by atoms with van der Waals surface area (Å²) in [4.78, 5) is 19.8. The van der Waals surface area contributed by atoms with Gasteiger partial charge < -0.3 is 9.73 Å². The SMILES string of the molecule is Cc1cnc(CN2CC(n3cc(N4CCNC4=O)cn3)C2)o1. The molecule has 0 spiro atoms. The predicted molar refractivity (Wildman–Crippen MR) is 78.5 cm³/mol. The van der Waals surface area contributed by atoms with Crippen LogP contribution in [0.1, 0.15) is 17.7 Å². The van der Waals surface area contributed by atoms with Crippen molar-refractivity contribution in [3.05, 3.63) is 30.2 Å². The summed E-state index contributed by atoms with van der Waals surface area (Å²) in [7, 11) is 0. The second-order valence-corrected chi connectivity index (χ2v) is 5.77. The van der Waals surface area contributed by atoms with E-state index in [4.69, 9.17) is 4.42 Å². The number of oxazole rings is 1. The summed E-state index contributed by atoms with van der Waals surface area (Å²) < 4.78 is 7.43.